The van der Waals surface area contributed by atoms with Crippen LogP contribution in [0.2, 0.25) is 0 Å². The third-order valence-electron chi connectivity index (χ3n) is 2.06. The van der Waals surface area contributed by atoms with Crippen molar-refractivity contribution < 1.29 is 22.5 Å². The van der Waals surface area contributed by atoms with E-state index in [2.05, 4.69) is 4.74 Å². The van der Waals surface area contributed by atoms with Gasteiger partial charge in [0.2, 0.25) is 0 Å². The quantitative estimate of drug-likeness (QED) is 0.673. The molecule has 0 aliphatic heterocycles. The van der Waals surface area contributed by atoms with Gasteiger partial charge in [-0.3, -0.25) is 0 Å². The monoisotopic (exact) mass is 267 g/mol. The summed E-state index contributed by atoms with van der Waals surface area (Å²) in [6, 6.07) is 4.08. The molecule has 1 rings (SSSR count). The molecule has 17 heavy (non-hydrogen) atoms. The second-order valence-corrected chi connectivity index (χ2v) is 7.09. The first-order valence-electron chi connectivity index (χ1n) is 4.76. The van der Waals surface area contributed by atoms with Gasteiger partial charge in [0.05, 0.1) is 5.69 Å². The van der Waals surface area contributed by atoms with Crippen LogP contribution in [-0.4, -0.2) is 26.1 Å². The lowest BCUT2D eigenvalue weighted by molar-refractivity contribution is -0.0664. The smallest absolute Gasteiger partial charge is 0.304 e. The molecule has 0 aliphatic carbocycles. The molecule has 2 N–H and O–H groups in total. The maximum atomic E-state index is 12.7. The van der Waals surface area contributed by atoms with E-state index in [1.54, 1.807) is 0 Å². The van der Waals surface area contributed by atoms with Crippen LogP contribution in [0.25, 0.3) is 0 Å². The highest BCUT2D eigenvalue weighted by Gasteiger charge is 2.22. The molecule has 0 spiro atoms. The Hall–Kier alpha value is -1.16. The Balaban J connectivity index is 3.03. The van der Waals surface area contributed by atoms with Crippen LogP contribution in [0.15, 0.2) is 18.2 Å². The van der Waals surface area contributed by atoms with Crippen LogP contribution in [-0.2, 0) is 4.57 Å². The van der Waals surface area contributed by atoms with Gasteiger partial charge in [-0.15, -0.1) is 0 Å². The van der Waals surface area contributed by atoms with Gasteiger partial charge in [0.1, 0.15) is 12.9 Å². The molecule has 1 unspecified atom stereocenters. The Morgan fingerprint density at radius 3 is 2.35 bits per heavy atom. The van der Waals surface area contributed by atoms with Crippen molar-refractivity contribution in [2.24, 2.45) is 0 Å². The van der Waals surface area contributed by atoms with Crippen molar-refractivity contribution >= 4 is 18.1 Å². The summed E-state index contributed by atoms with van der Waals surface area (Å²) >= 11 is 0. The number of rotatable bonds is 4. The van der Waals surface area contributed by atoms with E-state index in [0.29, 0.717) is 5.30 Å². The first kappa shape index (κ1) is 13.9. The summed E-state index contributed by atoms with van der Waals surface area (Å²) in [5.74, 6) is -0.223. The van der Waals surface area contributed by atoms with E-state index in [0.717, 1.165) is 0 Å². The molecule has 1 aromatic carbocycles. The fourth-order valence-electron chi connectivity index (χ4n) is 1.13. The van der Waals surface area contributed by atoms with Crippen molar-refractivity contribution in [1.82, 2.24) is 0 Å². The Morgan fingerprint density at radius 2 is 1.88 bits per heavy atom. The summed E-state index contributed by atoms with van der Waals surface area (Å²) < 4.78 is 52.8. The third-order valence-corrected chi connectivity index (χ3v) is 3.58. The predicted octanol–water partition coefficient (Wildman–Crippen LogP) is 2.46. The minimum absolute atomic E-state index is 0.0190. The summed E-state index contributed by atoms with van der Waals surface area (Å²) in [4.78, 5) is 0. The van der Waals surface area contributed by atoms with Gasteiger partial charge < -0.3 is 15.0 Å². The highest BCUT2D eigenvalue weighted by Crippen LogP contribution is 2.37. The van der Waals surface area contributed by atoms with Crippen molar-refractivity contribution in [3.63, 3.8) is 0 Å². The molecular formula is C10H13F3NO2P. The number of halogens is 3. The Bertz CT molecular complexity index is 447. The van der Waals surface area contributed by atoms with Crippen LogP contribution in [0, 0.1) is 0 Å². The second-order valence-electron chi connectivity index (χ2n) is 3.88. The average Bonchev–Trinajstić information content (AvgIpc) is 2.19. The maximum absolute atomic E-state index is 12.7. The van der Waals surface area contributed by atoms with Crippen LogP contribution in [0.5, 0.6) is 5.75 Å². The molecule has 0 heterocycles. The lowest BCUT2D eigenvalue weighted by Crippen LogP contribution is -2.21. The largest absolute Gasteiger partial charge is 0.452 e. The van der Waals surface area contributed by atoms with Gasteiger partial charge >= 0.3 is 6.43 Å². The number of anilines is 1. The molecule has 0 fully saturated rings. The van der Waals surface area contributed by atoms with Crippen LogP contribution in [0.1, 0.15) is 0 Å². The van der Waals surface area contributed by atoms with Crippen LogP contribution >= 0.6 is 7.14 Å². The molecule has 0 bridgehead atoms. The number of ether oxygens (including phenoxy) is 1. The van der Waals surface area contributed by atoms with Gasteiger partial charge in [0, 0.05) is 5.30 Å². The van der Waals surface area contributed by atoms with E-state index in [9.17, 15) is 17.7 Å². The Kier molecular flexibility index (Phi) is 4.09. The van der Waals surface area contributed by atoms with E-state index in [1.165, 1.54) is 31.5 Å². The first-order valence-corrected chi connectivity index (χ1v) is 7.36. The van der Waals surface area contributed by atoms with E-state index in [-0.39, 0.29) is 11.4 Å². The van der Waals surface area contributed by atoms with Gasteiger partial charge in [-0.25, -0.2) is 8.78 Å². The molecule has 1 aromatic rings. The summed E-state index contributed by atoms with van der Waals surface area (Å²) in [7, 11) is -2.58. The summed E-state index contributed by atoms with van der Waals surface area (Å²) in [5.41, 5.74) is 5.47. The van der Waals surface area contributed by atoms with Gasteiger partial charge in [-0.1, -0.05) is 0 Å². The van der Waals surface area contributed by atoms with Crippen molar-refractivity contribution in [3.8, 4) is 5.75 Å². The number of hydrogen-bond acceptors (Lipinski definition) is 3. The second kappa shape index (κ2) is 5.00. The van der Waals surface area contributed by atoms with Gasteiger partial charge in [-0.2, -0.15) is 4.39 Å². The maximum Gasteiger partial charge on any atom is 0.304 e. The zero-order valence-corrected chi connectivity index (χ0v) is 10.3. The van der Waals surface area contributed by atoms with E-state index < -0.39 is 19.9 Å². The van der Waals surface area contributed by atoms with Gasteiger partial charge in [0.15, 0.2) is 0 Å². The highest BCUT2D eigenvalue weighted by molar-refractivity contribution is 7.70. The van der Waals surface area contributed by atoms with Crippen LogP contribution in [0.3, 0.4) is 0 Å². The molecule has 0 aromatic heterocycles. The van der Waals surface area contributed by atoms with Crippen molar-refractivity contribution in [3.05, 3.63) is 18.2 Å². The standard InChI is InChI=1S/C10H13F3NO2P/c1-17(2,15)6-3-4-7(14)8(5-6)16-10(13)9(11)12/h3-5,9-10H,14H2,1-2H3. The average molecular weight is 267 g/mol. The van der Waals surface area contributed by atoms with Crippen LogP contribution in [0.4, 0.5) is 18.9 Å². The van der Waals surface area contributed by atoms with Gasteiger partial charge in [0.25, 0.3) is 6.36 Å². The minimum atomic E-state index is -3.26. The van der Waals surface area contributed by atoms with E-state index in [4.69, 9.17) is 5.73 Å². The van der Waals surface area contributed by atoms with Crippen molar-refractivity contribution in [2.75, 3.05) is 19.1 Å². The predicted molar refractivity (Wildman–Crippen MR) is 61.5 cm³/mol. The Morgan fingerprint density at radius 1 is 1.29 bits per heavy atom. The molecule has 96 valence electrons. The van der Waals surface area contributed by atoms with E-state index in [1.807, 2.05) is 0 Å². The number of benzene rings is 1. The normalized spacial score (nSPS) is 13.8. The first-order chi connectivity index (χ1) is 7.71. The summed E-state index contributed by atoms with van der Waals surface area (Å²) in [6.07, 6.45) is -6.01. The highest BCUT2D eigenvalue weighted by atomic mass is 31.2. The molecule has 0 amide bonds. The lowest BCUT2D eigenvalue weighted by Gasteiger charge is -2.15. The zero-order valence-electron chi connectivity index (χ0n) is 9.36. The van der Waals surface area contributed by atoms with Crippen molar-refractivity contribution in [1.29, 1.82) is 0 Å². The topological polar surface area (TPSA) is 52.3 Å². The fraction of sp³-hybridized carbons (Fsp3) is 0.400. The Labute approximate surface area is 97.1 Å². The number of nitrogen functional groups attached to an aromatic ring is 1. The minimum Gasteiger partial charge on any atom is -0.452 e. The molecule has 0 saturated carbocycles. The SMILES string of the molecule is CP(C)(=O)c1ccc(N)c(OC(F)C(F)F)c1. The molecule has 3 nitrogen and oxygen atoms in total. The fourth-order valence-corrected chi connectivity index (χ4v) is 1.99. The number of hydrogen-bond donors (Lipinski definition) is 1. The molecule has 0 aliphatic rings. The molecule has 7 heteroatoms. The van der Waals surface area contributed by atoms with Crippen LogP contribution < -0.4 is 15.8 Å². The molecule has 1 atom stereocenters. The summed E-state index contributed by atoms with van der Waals surface area (Å²) in [5, 5.41) is 0.392. The molecule has 0 radical (unpaired) electrons. The molecular weight excluding hydrogens is 254 g/mol. The zero-order chi connectivity index (χ0) is 13.2. The number of alkyl halides is 3. The third kappa shape index (κ3) is 3.66. The lowest BCUT2D eigenvalue weighted by atomic mass is 10.3. The van der Waals surface area contributed by atoms with Crippen molar-refractivity contribution in [2.45, 2.75) is 12.8 Å². The van der Waals surface area contributed by atoms with Gasteiger partial charge in [-0.05, 0) is 31.5 Å². The number of nitrogens with two attached hydrogens (primary N) is 1. The summed E-state index contributed by atoms with van der Waals surface area (Å²) in [6.45, 7) is 3.00. The van der Waals surface area contributed by atoms with E-state index >= 15 is 0 Å². The molecule has 0 saturated heterocycles.